The summed E-state index contributed by atoms with van der Waals surface area (Å²) in [7, 11) is 1.55. The van der Waals surface area contributed by atoms with Gasteiger partial charge in [-0.2, -0.15) is 0 Å². The van der Waals surface area contributed by atoms with Crippen molar-refractivity contribution in [2.75, 3.05) is 26.8 Å². The van der Waals surface area contributed by atoms with Crippen LogP contribution in [-0.4, -0.2) is 38.6 Å². The Morgan fingerprint density at radius 3 is 2.50 bits per heavy atom. The van der Waals surface area contributed by atoms with Crippen molar-refractivity contribution in [2.45, 2.75) is 4.90 Å². The normalized spacial score (nSPS) is 9.89. The number of benzene rings is 1. The molecule has 0 fully saturated rings. The molecule has 1 rings (SSSR count). The van der Waals surface area contributed by atoms with Gasteiger partial charge >= 0.3 is 0 Å². The second-order valence-electron chi connectivity index (χ2n) is 3.57. The van der Waals surface area contributed by atoms with Crippen molar-refractivity contribution in [3.05, 3.63) is 29.8 Å². The third-order valence-corrected chi connectivity index (χ3v) is 2.47. The number of nitrogens with one attached hydrogen (secondary N) is 2. The summed E-state index contributed by atoms with van der Waals surface area (Å²) in [6.45, 7) is 0.827. The highest BCUT2D eigenvalue weighted by Crippen LogP contribution is 2.07. The van der Waals surface area contributed by atoms with Crippen molar-refractivity contribution in [3.8, 4) is 0 Å². The Hall–Kier alpha value is -1.53. The van der Waals surface area contributed by atoms with E-state index in [2.05, 4.69) is 23.3 Å². The molecule has 0 aliphatic carbocycles. The van der Waals surface area contributed by atoms with Crippen molar-refractivity contribution in [3.63, 3.8) is 0 Å². The first-order chi connectivity index (χ1) is 8.63. The third kappa shape index (κ3) is 5.20. The minimum Gasteiger partial charge on any atom is -0.383 e. The summed E-state index contributed by atoms with van der Waals surface area (Å²) in [5, 5.41) is 5.14. The molecule has 18 heavy (non-hydrogen) atoms. The van der Waals surface area contributed by atoms with Crippen LogP contribution in [0.2, 0.25) is 0 Å². The van der Waals surface area contributed by atoms with Crippen LogP contribution >= 0.6 is 12.6 Å². The molecule has 5 nitrogen and oxygen atoms in total. The zero-order valence-electron chi connectivity index (χ0n) is 10.1. The monoisotopic (exact) mass is 268 g/mol. The molecule has 0 saturated heterocycles. The molecule has 1 aromatic rings. The minimum atomic E-state index is -0.287. The van der Waals surface area contributed by atoms with Crippen LogP contribution in [0.25, 0.3) is 0 Å². The fraction of sp³-hybridized carbons (Fsp3) is 0.333. The fourth-order valence-electron chi connectivity index (χ4n) is 1.23. The van der Waals surface area contributed by atoms with E-state index in [1.54, 1.807) is 31.4 Å². The molecule has 0 heterocycles. The second-order valence-corrected chi connectivity index (χ2v) is 4.09. The van der Waals surface area contributed by atoms with Crippen molar-refractivity contribution in [1.82, 2.24) is 10.6 Å². The van der Waals surface area contributed by atoms with Gasteiger partial charge in [-0.05, 0) is 24.3 Å². The Bertz CT molecular complexity index is 406. The Labute approximate surface area is 111 Å². The topological polar surface area (TPSA) is 67.4 Å². The molecule has 0 bridgehead atoms. The lowest BCUT2D eigenvalue weighted by atomic mass is 10.2. The molecule has 0 unspecified atom stereocenters. The lowest BCUT2D eigenvalue weighted by Gasteiger charge is -2.06. The molecule has 2 N–H and O–H groups in total. The van der Waals surface area contributed by atoms with Crippen molar-refractivity contribution in [1.29, 1.82) is 0 Å². The number of thiol groups is 1. The molecule has 2 amide bonds. The van der Waals surface area contributed by atoms with Gasteiger partial charge in [0.15, 0.2) is 0 Å². The van der Waals surface area contributed by atoms with Gasteiger partial charge in [0.1, 0.15) is 0 Å². The van der Waals surface area contributed by atoms with Gasteiger partial charge in [-0.25, -0.2) is 0 Å². The van der Waals surface area contributed by atoms with Gasteiger partial charge in [0, 0.05) is 24.1 Å². The van der Waals surface area contributed by atoms with Crippen LogP contribution in [0.1, 0.15) is 10.4 Å². The van der Waals surface area contributed by atoms with E-state index < -0.39 is 0 Å². The Morgan fingerprint density at radius 1 is 1.22 bits per heavy atom. The molecule has 0 radical (unpaired) electrons. The molecule has 0 saturated carbocycles. The third-order valence-electron chi connectivity index (χ3n) is 2.17. The minimum absolute atomic E-state index is 0.0504. The largest absolute Gasteiger partial charge is 0.383 e. The molecule has 0 aliphatic rings. The summed E-state index contributed by atoms with van der Waals surface area (Å²) in [6.07, 6.45) is 0. The van der Waals surface area contributed by atoms with Crippen LogP contribution in [0.15, 0.2) is 29.2 Å². The fourth-order valence-corrected chi connectivity index (χ4v) is 1.38. The maximum Gasteiger partial charge on any atom is 0.251 e. The summed E-state index contributed by atoms with van der Waals surface area (Å²) in [5.74, 6) is -0.531. The van der Waals surface area contributed by atoms with Gasteiger partial charge in [0.25, 0.3) is 5.91 Å². The first kappa shape index (κ1) is 14.5. The van der Waals surface area contributed by atoms with Crippen LogP contribution in [0, 0.1) is 0 Å². The smallest absolute Gasteiger partial charge is 0.251 e. The molecule has 6 heteroatoms. The van der Waals surface area contributed by atoms with Crippen LogP contribution in [-0.2, 0) is 9.53 Å². The van der Waals surface area contributed by atoms with Gasteiger partial charge in [-0.3, -0.25) is 9.59 Å². The lowest BCUT2D eigenvalue weighted by molar-refractivity contribution is -0.120. The van der Waals surface area contributed by atoms with Crippen molar-refractivity contribution in [2.24, 2.45) is 0 Å². The number of ether oxygens (including phenoxy) is 1. The Balaban J connectivity index is 2.32. The maximum absolute atomic E-state index is 11.6. The van der Waals surface area contributed by atoms with Gasteiger partial charge in [-0.15, -0.1) is 12.6 Å². The molecule has 1 aromatic carbocycles. The molecule has 0 aromatic heterocycles. The predicted molar refractivity (Wildman–Crippen MR) is 70.9 cm³/mol. The quantitative estimate of drug-likeness (QED) is 0.519. The number of rotatable bonds is 6. The SMILES string of the molecule is COCCNC(=O)CNC(=O)c1ccc(S)cc1. The molecular formula is C12H16N2O3S. The van der Waals surface area contributed by atoms with E-state index in [1.807, 2.05) is 0 Å². The molecule has 0 aliphatic heterocycles. The van der Waals surface area contributed by atoms with Crippen LogP contribution < -0.4 is 10.6 Å². The summed E-state index contributed by atoms with van der Waals surface area (Å²) in [5.41, 5.74) is 0.498. The zero-order chi connectivity index (χ0) is 13.4. The average molecular weight is 268 g/mol. The van der Waals surface area contributed by atoms with E-state index in [-0.39, 0.29) is 18.4 Å². The average Bonchev–Trinajstić information content (AvgIpc) is 2.37. The van der Waals surface area contributed by atoms with E-state index in [0.717, 1.165) is 4.90 Å². The molecule has 98 valence electrons. The predicted octanol–water partition coefficient (Wildman–Crippen LogP) is 0.468. The molecule has 0 spiro atoms. The van der Waals surface area contributed by atoms with E-state index in [0.29, 0.717) is 18.7 Å². The number of amides is 2. The van der Waals surface area contributed by atoms with E-state index in [1.165, 1.54) is 0 Å². The van der Waals surface area contributed by atoms with E-state index >= 15 is 0 Å². The molecule has 0 atom stereocenters. The van der Waals surface area contributed by atoms with Gasteiger partial charge in [-0.1, -0.05) is 0 Å². The summed E-state index contributed by atoms with van der Waals surface area (Å²) >= 11 is 4.12. The highest BCUT2D eigenvalue weighted by atomic mass is 32.1. The highest BCUT2D eigenvalue weighted by molar-refractivity contribution is 7.80. The summed E-state index contributed by atoms with van der Waals surface area (Å²) < 4.78 is 4.79. The van der Waals surface area contributed by atoms with Crippen molar-refractivity contribution < 1.29 is 14.3 Å². The first-order valence-corrected chi connectivity index (χ1v) is 5.91. The number of carbonyl (C=O) groups is 2. The zero-order valence-corrected chi connectivity index (χ0v) is 11.0. The summed E-state index contributed by atoms with van der Waals surface area (Å²) in [4.78, 5) is 23.7. The number of methoxy groups -OCH3 is 1. The Kier molecular flexibility index (Phi) is 6.24. The first-order valence-electron chi connectivity index (χ1n) is 5.46. The van der Waals surface area contributed by atoms with Crippen LogP contribution in [0.5, 0.6) is 0 Å². The molecular weight excluding hydrogens is 252 g/mol. The Morgan fingerprint density at radius 2 is 1.89 bits per heavy atom. The number of hydrogen-bond acceptors (Lipinski definition) is 4. The van der Waals surface area contributed by atoms with Crippen LogP contribution in [0.3, 0.4) is 0 Å². The van der Waals surface area contributed by atoms with Crippen molar-refractivity contribution >= 4 is 24.4 Å². The lowest BCUT2D eigenvalue weighted by Crippen LogP contribution is -2.38. The van der Waals surface area contributed by atoms with Gasteiger partial charge in [0.2, 0.25) is 5.91 Å². The van der Waals surface area contributed by atoms with E-state index in [9.17, 15) is 9.59 Å². The van der Waals surface area contributed by atoms with Gasteiger partial charge in [0.05, 0.1) is 13.2 Å². The second kappa shape index (κ2) is 7.73. The van der Waals surface area contributed by atoms with E-state index in [4.69, 9.17) is 4.74 Å². The maximum atomic E-state index is 11.6. The number of carbonyl (C=O) groups excluding carboxylic acids is 2. The van der Waals surface area contributed by atoms with Gasteiger partial charge < -0.3 is 15.4 Å². The van der Waals surface area contributed by atoms with Crippen LogP contribution in [0.4, 0.5) is 0 Å². The standard InChI is InChI=1S/C12H16N2O3S/c1-17-7-6-13-11(15)8-14-12(16)9-2-4-10(18)5-3-9/h2-5,18H,6-8H2,1H3,(H,13,15)(H,14,16). The summed E-state index contributed by atoms with van der Waals surface area (Å²) in [6, 6.07) is 6.74. The number of hydrogen-bond donors (Lipinski definition) is 3. The highest BCUT2D eigenvalue weighted by Gasteiger charge is 2.07.